The summed E-state index contributed by atoms with van der Waals surface area (Å²) in [6.45, 7) is 13.1. The highest BCUT2D eigenvalue weighted by Gasteiger charge is 2.40. The van der Waals surface area contributed by atoms with Crippen LogP contribution in [0.4, 0.5) is 0 Å². The predicted octanol–water partition coefficient (Wildman–Crippen LogP) is 1.16. The molecule has 0 spiro atoms. The van der Waals surface area contributed by atoms with Crippen molar-refractivity contribution < 1.29 is 24.3 Å². The molecule has 0 bridgehead atoms. The first-order chi connectivity index (χ1) is 10.4. The van der Waals surface area contributed by atoms with Crippen LogP contribution in [0.5, 0.6) is 0 Å². The molecule has 7 heteroatoms. The Hall–Kier alpha value is -0.885. The molecular weight excluding hydrogens is 297 g/mol. The van der Waals surface area contributed by atoms with Gasteiger partial charge in [0.25, 0.3) is 6.47 Å². The third-order valence-electron chi connectivity index (χ3n) is 4.50. The van der Waals surface area contributed by atoms with Crippen LogP contribution >= 0.6 is 0 Å². The molecule has 0 aromatic heterocycles. The lowest BCUT2D eigenvalue weighted by Gasteiger charge is -2.39. The first-order valence-corrected chi connectivity index (χ1v) is 7.99. The van der Waals surface area contributed by atoms with E-state index in [1.807, 2.05) is 19.9 Å². The maximum absolute atomic E-state index is 10.5. The van der Waals surface area contributed by atoms with Gasteiger partial charge in [0, 0.05) is 19.6 Å². The predicted molar refractivity (Wildman–Crippen MR) is 89.8 cm³/mol. The van der Waals surface area contributed by atoms with Gasteiger partial charge in [-0.05, 0) is 53.4 Å². The summed E-state index contributed by atoms with van der Waals surface area (Å²) < 4.78 is 10.7. The Bertz CT molecular complexity index is 442. The topological polar surface area (TPSA) is 79.2 Å². The monoisotopic (exact) mass is 327 g/mol. The minimum Gasteiger partial charge on any atom is -0.461 e. The van der Waals surface area contributed by atoms with Crippen molar-refractivity contribution in [2.75, 3.05) is 19.6 Å². The number of aliphatic hydroxyl groups is 1. The zero-order valence-corrected chi connectivity index (χ0v) is 15.1. The minimum absolute atomic E-state index is 0.474. The fourth-order valence-electron chi connectivity index (χ4n) is 2.30. The standard InChI is InChI=1S/C16H30BNO5/c1-14(2,22-12-19)11-18-9-7-13(8-10-18)17(21)23-16(5,6)15(3,4)20/h7,12,20-21H,8-11H2,1-6H3. The number of hydrogen-bond donors (Lipinski definition) is 2. The van der Waals surface area contributed by atoms with Gasteiger partial charge in [0.2, 0.25) is 0 Å². The Morgan fingerprint density at radius 1 is 1.30 bits per heavy atom. The van der Waals surface area contributed by atoms with Crippen LogP contribution in [-0.2, 0) is 14.2 Å². The van der Waals surface area contributed by atoms with Crippen LogP contribution in [0.15, 0.2) is 11.5 Å². The summed E-state index contributed by atoms with van der Waals surface area (Å²) in [4.78, 5) is 12.6. The summed E-state index contributed by atoms with van der Waals surface area (Å²) in [6, 6.07) is 0. The molecule has 0 radical (unpaired) electrons. The summed E-state index contributed by atoms with van der Waals surface area (Å²) in [5, 5.41) is 20.4. The number of carbonyl (C=O) groups is 1. The van der Waals surface area contributed by atoms with Crippen LogP contribution in [0.3, 0.4) is 0 Å². The molecule has 0 aromatic rings. The Labute approximate surface area is 139 Å². The Balaban J connectivity index is 2.60. The molecule has 23 heavy (non-hydrogen) atoms. The number of rotatable bonds is 8. The zero-order chi connectivity index (χ0) is 17.9. The lowest BCUT2D eigenvalue weighted by Crippen LogP contribution is -2.51. The Morgan fingerprint density at radius 3 is 2.35 bits per heavy atom. The van der Waals surface area contributed by atoms with Crippen molar-refractivity contribution in [3.05, 3.63) is 11.5 Å². The average molecular weight is 327 g/mol. The molecule has 0 fully saturated rings. The van der Waals surface area contributed by atoms with Gasteiger partial charge < -0.3 is 19.5 Å². The van der Waals surface area contributed by atoms with Gasteiger partial charge in [-0.2, -0.15) is 0 Å². The first kappa shape index (κ1) is 20.2. The van der Waals surface area contributed by atoms with Crippen molar-refractivity contribution in [3.8, 4) is 0 Å². The van der Waals surface area contributed by atoms with Gasteiger partial charge >= 0.3 is 7.12 Å². The summed E-state index contributed by atoms with van der Waals surface area (Å²) in [5.74, 6) is 0. The van der Waals surface area contributed by atoms with Gasteiger partial charge in [0.15, 0.2) is 0 Å². The Kier molecular flexibility index (Phi) is 6.43. The molecule has 0 amide bonds. The van der Waals surface area contributed by atoms with Gasteiger partial charge in [-0.25, -0.2) is 0 Å². The fraction of sp³-hybridized carbons (Fsp3) is 0.812. The molecule has 132 valence electrons. The molecule has 0 saturated heterocycles. The molecule has 1 rings (SSSR count). The van der Waals surface area contributed by atoms with Crippen LogP contribution in [0.25, 0.3) is 0 Å². The number of nitrogens with zero attached hydrogens (tertiary/aromatic N) is 1. The molecule has 0 unspecified atom stereocenters. The van der Waals surface area contributed by atoms with Crippen molar-refractivity contribution in [1.82, 2.24) is 4.90 Å². The van der Waals surface area contributed by atoms with Crippen molar-refractivity contribution >= 4 is 13.6 Å². The highest BCUT2D eigenvalue weighted by atomic mass is 16.6. The van der Waals surface area contributed by atoms with Crippen LogP contribution in [0.2, 0.25) is 0 Å². The quantitative estimate of drug-likeness (QED) is 0.514. The summed E-state index contributed by atoms with van der Waals surface area (Å²) in [5.41, 5.74) is -1.66. The minimum atomic E-state index is -1.06. The highest BCUT2D eigenvalue weighted by molar-refractivity contribution is 6.52. The van der Waals surface area contributed by atoms with E-state index in [0.717, 1.165) is 12.0 Å². The third-order valence-corrected chi connectivity index (χ3v) is 4.50. The van der Waals surface area contributed by atoms with E-state index in [9.17, 15) is 14.9 Å². The molecule has 2 N–H and O–H groups in total. The SMILES string of the molecule is CC(C)(CN1CC=C(B(O)OC(C)(C)C(C)(C)O)CC1)OC=O. The largest absolute Gasteiger partial charge is 0.487 e. The molecule has 6 nitrogen and oxygen atoms in total. The van der Waals surface area contributed by atoms with Gasteiger partial charge in [-0.3, -0.25) is 9.69 Å². The molecule has 1 aliphatic rings. The second-order valence-corrected chi connectivity index (χ2v) is 7.78. The van der Waals surface area contributed by atoms with E-state index in [-0.39, 0.29) is 0 Å². The van der Waals surface area contributed by atoms with E-state index in [1.54, 1.807) is 27.7 Å². The molecule has 1 aliphatic heterocycles. The van der Waals surface area contributed by atoms with Crippen molar-refractivity contribution in [2.24, 2.45) is 0 Å². The van der Waals surface area contributed by atoms with Crippen LogP contribution in [-0.4, -0.2) is 65.1 Å². The fourth-order valence-corrected chi connectivity index (χ4v) is 2.30. The van der Waals surface area contributed by atoms with Crippen molar-refractivity contribution in [1.29, 1.82) is 0 Å². The van der Waals surface area contributed by atoms with E-state index in [0.29, 0.717) is 26.0 Å². The molecule has 0 atom stereocenters. The highest BCUT2D eigenvalue weighted by Crippen LogP contribution is 2.27. The number of carbonyl (C=O) groups excluding carboxylic acids is 1. The number of ether oxygens (including phenoxy) is 1. The van der Waals surface area contributed by atoms with Gasteiger partial charge in [-0.15, -0.1) is 0 Å². The van der Waals surface area contributed by atoms with Crippen LogP contribution < -0.4 is 0 Å². The third kappa shape index (κ3) is 5.92. The maximum atomic E-state index is 10.5. The lowest BCUT2D eigenvalue weighted by molar-refractivity contribution is -0.141. The molecule has 0 saturated carbocycles. The zero-order valence-electron chi connectivity index (χ0n) is 15.1. The first-order valence-electron chi connectivity index (χ1n) is 7.99. The second kappa shape index (κ2) is 7.34. The maximum Gasteiger partial charge on any atom is 0.487 e. The lowest BCUT2D eigenvalue weighted by atomic mass is 9.73. The normalized spacial score (nSPS) is 17.7. The van der Waals surface area contributed by atoms with Crippen molar-refractivity contribution in [3.63, 3.8) is 0 Å². The second-order valence-electron chi connectivity index (χ2n) is 7.78. The summed E-state index contributed by atoms with van der Waals surface area (Å²) in [7, 11) is -1.03. The molecule has 1 heterocycles. The van der Waals surface area contributed by atoms with E-state index in [2.05, 4.69) is 4.90 Å². The van der Waals surface area contributed by atoms with Crippen LogP contribution in [0, 0.1) is 0 Å². The summed E-state index contributed by atoms with van der Waals surface area (Å²) >= 11 is 0. The smallest absolute Gasteiger partial charge is 0.461 e. The van der Waals surface area contributed by atoms with E-state index in [4.69, 9.17) is 9.39 Å². The van der Waals surface area contributed by atoms with E-state index >= 15 is 0 Å². The number of hydrogen-bond acceptors (Lipinski definition) is 6. The van der Waals surface area contributed by atoms with Crippen molar-refractivity contribution in [2.45, 2.75) is 64.8 Å². The van der Waals surface area contributed by atoms with Gasteiger partial charge in [0.05, 0.1) is 11.2 Å². The summed E-state index contributed by atoms with van der Waals surface area (Å²) in [6.07, 6.45) is 2.60. The Morgan fingerprint density at radius 2 is 1.91 bits per heavy atom. The van der Waals surface area contributed by atoms with Gasteiger partial charge in [0.1, 0.15) is 5.60 Å². The molecular formula is C16H30BNO5. The average Bonchev–Trinajstić information content (AvgIpc) is 2.36. The van der Waals surface area contributed by atoms with E-state index < -0.39 is 23.9 Å². The van der Waals surface area contributed by atoms with Gasteiger partial charge in [-0.1, -0.05) is 6.08 Å². The molecule has 0 aliphatic carbocycles. The van der Waals surface area contributed by atoms with E-state index in [1.165, 1.54) is 0 Å². The van der Waals surface area contributed by atoms with Crippen LogP contribution in [0.1, 0.15) is 48.0 Å². The molecule has 0 aromatic carbocycles.